The van der Waals surface area contributed by atoms with Gasteiger partial charge in [-0.1, -0.05) is 25.1 Å². The number of likely N-dealkylation sites (tertiary alicyclic amines) is 1. The van der Waals surface area contributed by atoms with Gasteiger partial charge in [0.2, 0.25) is 5.91 Å². The third-order valence-electron chi connectivity index (χ3n) is 4.77. The third-order valence-corrected chi connectivity index (χ3v) is 4.77. The van der Waals surface area contributed by atoms with Crippen molar-refractivity contribution in [1.82, 2.24) is 4.90 Å². The number of hydrogen-bond donors (Lipinski definition) is 1. The summed E-state index contributed by atoms with van der Waals surface area (Å²) in [6, 6.07) is 5.48. The maximum absolute atomic E-state index is 13.2. The third kappa shape index (κ3) is 6.97. The van der Waals surface area contributed by atoms with Crippen molar-refractivity contribution in [2.45, 2.75) is 50.8 Å². The van der Waals surface area contributed by atoms with Crippen LogP contribution in [-0.2, 0) is 15.7 Å². The molecule has 1 aliphatic rings. The Morgan fingerprint density at radius 2 is 1.93 bits per heavy atom. The number of alkyl halides is 3. The molecule has 0 aliphatic carbocycles. The van der Waals surface area contributed by atoms with E-state index >= 15 is 0 Å². The monoisotopic (exact) mass is 408 g/mol. The number of piperidine rings is 1. The fourth-order valence-corrected chi connectivity index (χ4v) is 3.29. The smallest absolute Gasteiger partial charge is 0.378 e. The van der Waals surface area contributed by atoms with E-state index in [2.05, 4.69) is 0 Å². The summed E-state index contributed by atoms with van der Waals surface area (Å²) in [5, 5.41) is 0. The van der Waals surface area contributed by atoms with Crippen LogP contribution in [-0.4, -0.2) is 43.2 Å². The number of nitrogens with zero attached hydrogens (tertiary/aromatic N) is 1. The molecule has 0 saturated carbocycles. The summed E-state index contributed by atoms with van der Waals surface area (Å²) < 4.78 is 45.2. The van der Waals surface area contributed by atoms with Gasteiger partial charge in [0.05, 0.1) is 11.7 Å². The van der Waals surface area contributed by atoms with E-state index in [9.17, 15) is 18.0 Å². The highest BCUT2D eigenvalue weighted by Gasteiger charge is 2.35. The minimum atomic E-state index is -4.41. The van der Waals surface area contributed by atoms with Crippen LogP contribution in [0.4, 0.5) is 13.2 Å². The Labute approximate surface area is 164 Å². The molecule has 1 unspecified atom stereocenters. The minimum Gasteiger partial charge on any atom is -0.378 e. The summed E-state index contributed by atoms with van der Waals surface area (Å²) in [6.07, 6.45) is -1.88. The lowest BCUT2D eigenvalue weighted by molar-refractivity contribution is -0.139. The topological polar surface area (TPSA) is 55.6 Å². The van der Waals surface area contributed by atoms with Gasteiger partial charge in [0, 0.05) is 26.1 Å². The molecule has 0 radical (unpaired) electrons. The lowest BCUT2D eigenvalue weighted by Gasteiger charge is -2.32. The van der Waals surface area contributed by atoms with Crippen molar-refractivity contribution in [1.29, 1.82) is 0 Å². The Morgan fingerprint density at radius 3 is 2.52 bits per heavy atom. The van der Waals surface area contributed by atoms with Crippen molar-refractivity contribution in [3.05, 3.63) is 35.4 Å². The molecule has 8 heteroatoms. The first-order valence-electron chi connectivity index (χ1n) is 9.08. The van der Waals surface area contributed by atoms with E-state index in [0.717, 1.165) is 25.3 Å². The van der Waals surface area contributed by atoms with Crippen LogP contribution in [0.3, 0.4) is 0 Å². The van der Waals surface area contributed by atoms with Gasteiger partial charge in [-0.3, -0.25) is 4.79 Å². The van der Waals surface area contributed by atoms with Crippen LogP contribution in [0.1, 0.15) is 49.7 Å². The fourth-order valence-electron chi connectivity index (χ4n) is 3.29. The van der Waals surface area contributed by atoms with Gasteiger partial charge >= 0.3 is 6.18 Å². The lowest BCUT2D eigenvalue weighted by atomic mass is 9.92. The van der Waals surface area contributed by atoms with E-state index in [1.54, 1.807) is 17.9 Å². The van der Waals surface area contributed by atoms with Crippen molar-refractivity contribution < 1.29 is 22.7 Å². The van der Waals surface area contributed by atoms with Crippen LogP contribution in [0.5, 0.6) is 0 Å². The average Bonchev–Trinajstić information content (AvgIpc) is 2.61. The Bertz CT molecular complexity index is 591. The zero-order valence-corrected chi connectivity index (χ0v) is 16.3. The summed E-state index contributed by atoms with van der Waals surface area (Å²) in [5.74, 6) is -0.589. The van der Waals surface area contributed by atoms with Crippen molar-refractivity contribution >= 4 is 18.3 Å². The van der Waals surface area contributed by atoms with Gasteiger partial charge in [0.1, 0.15) is 0 Å². The van der Waals surface area contributed by atoms with Gasteiger partial charge in [-0.15, -0.1) is 12.4 Å². The van der Waals surface area contributed by atoms with Gasteiger partial charge in [-0.05, 0) is 43.4 Å². The number of amides is 1. The molecule has 1 heterocycles. The molecule has 0 spiro atoms. The van der Waals surface area contributed by atoms with Crippen molar-refractivity contribution in [2.24, 2.45) is 5.73 Å². The zero-order valence-electron chi connectivity index (χ0n) is 15.5. The molecule has 1 atom stereocenters. The molecule has 4 nitrogen and oxygen atoms in total. The number of benzene rings is 1. The maximum Gasteiger partial charge on any atom is 0.416 e. The molecule has 0 aromatic heterocycles. The number of hydrogen-bond acceptors (Lipinski definition) is 3. The molecule has 2 N–H and O–H groups in total. The Balaban J connectivity index is 0.00000364. The van der Waals surface area contributed by atoms with Crippen LogP contribution in [0.2, 0.25) is 0 Å². The quantitative estimate of drug-likeness (QED) is 0.694. The van der Waals surface area contributed by atoms with E-state index < -0.39 is 17.7 Å². The predicted octanol–water partition coefficient (Wildman–Crippen LogP) is 3.98. The minimum absolute atomic E-state index is 0. The number of carbonyl (C=O) groups is 1. The first kappa shape index (κ1) is 23.7. The van der Waals surface area contributed by atoms with E-state index in [1.165, 1.54) is 12.1 Å². The molecular formula is C19H28ClF3N2O2. The number of nitrogens with two attached hydrogens (primary N) is 1. The molecule has 1 aromatic rings. The van der Waals surface area contributed by atoms with E-state index in [-0.39, 0.29) is 36.4 Å². The predicted molar refractivity (Wildman–Crippen MR) is 101 cm³/mol. The van der Waals surface area contributed by atoms with E-state index in [4.69, 9.17) is 10.5 Å². The summed E-state index contributed by atoms with van der Waals surface area (Å²) >= 11 is 0. The second-order valence-corrected chi connectivity index (χ2v) is 6.78. The van der Waals surface area contributed by atoms with Gasteiger partial charge < -0.3 is 15.4 Å². The molecule has 1 saturated heterocycles. The SMILES string of the molecule is CC(CC(=O)N1CCC(OCCCN)CC1)c1ccccc1C(F)(F)F.Cl. The Hall–Kier alpha value is -1.31. The first-order valence-corrected chi connectivity index (χ1v) is 9.08. The second kappa shape index (κ2) is 10.9. The van der Waals surface area contributed by atoms with Crippen LogP contribution in [0.25, 0.3) is 0 Å². The normalized spacial score (nSPS) is 16.7. The van der Waals surface area contributed by atoms with Crippen LogP contribution >= 0.6 is 12.4 Å². The van der Waals surface area contributed by atoms with Crippen LogP contribution in [0.15, 0.2) is 24.3 Å². The number of ether oxygens (including phenoxy) is 1. The Kier molecular flexibility index (Phi) is 9.56. The highest BCUT2D eigenvalue weighted by molar-refractivity contribution is 5.85. The molecule has 1 aliphatic heterocycles. The summed E-state index contributed by atoms with van der Waals surface area (Å²) in [7, 11) is 0. The molecule has 1 fully saturated rings. The highest BCUT2D eigenvalue weighted by Crippen LogP contribution is 2.36. The number of rotatable bonds is 7. The molecule has 1 amide bonds. The molecule has 1 aromatic carbocycles. The van der Waals surface area contributed by atoms with Gasteiger partial charge in [-0.25, -0.2) is 0 Å². The summed E-state index contributed by atoms with van der Waals surface area (Å²) in [6.45, 7) is 4.06. The zero-order chi connectivity index (χ0) is 19.2. The lowest BCUT2D eigenvalue weighted by Crippen LogP contribution is -2.41. The van der Waals surface area contributed by atoms with E-state index in [0.29, 0.717) is 26.2 Å². The first-order chi connectivity index (χ1) is 12.3. The molecule has 0 bridgehead atoms. The molecule has 154 valence electrons. The van der Waals surface area contributed by atoms with Gasteiger partial charge in [-0.2, -0.15) is 13.2 Å². The number of carbonyl (C=O) groups excluding carboxylic acids is 1. The summed E-state index contributed by atoms with van der Waals surface area (Å²) in [4.78, 5) is 14.2. The Morgan fingerprint density at radius 1 is 1.30 bits per heavy atom. The average molecular weight is 409 g/mol. The van der Waals surface area contributed by atoms with Crippen molar-refractivity contribution in [2.75, 3.05) is 26.2 Å². The second-order valence-electron chi connectivity index (χ2n) is 6.78. The van der Waals surface area contributed by atoms with Crippen LogP contribution in [0, 0.1) is 0 Å². The van der Waals surface area contributed by atoms with Crippen molar-refractivity contribution in [3.8, 4) is 0 Å². The molecular weight excluding hydrogens is 381 g/mol. The summed E-state index contributed by atoms with van der Waals surface area (Å²) in [5.41, 5.74) is 4.95. The van der Waals surface area contributed by atoms with E-state index in [1.807, 2.05) is 0 Å². The highest BCUT2D eigenvalue weighted by atomic mass is 35.5. The maximum atomic E-state index is 13.2. The molecule has 2 rings (SSSR count). The van der Waals surface area contributed by atoms with Crippen LogP contribution < -0.4 is 5.73 Å². The standard InChI is InChI=1S/C19H27F3N2O2.ClH/c1-14(16-5-2-3-6-17(16)19(20,21)22)13-18(25)24-10-7-15(8-11-24)26-12-4-9-23;/h2-3,5-6,14-15H,4,7-13,23H2,1H3;1H. The molecule has 27 heavy (non-hydrogen) atoms. The fraction of sp³-hybridized carbons (Fsp3) is 0.632. The van der Waals surface area contributed by atoms with Gasteiger partial charge in [0.25, 0.3) is 0 Å². The van der Waals surface area contributed by atoms with Crippen molar-refractivity contribution in [3.63, 3.8) is 0 Å². The largest absolute Gasteiger partial charge is 0.416 e. The number of halogens is 4. The van der Waals surface area contributed by atoms with Gasteiger partial charge in [0.15, 0.2) is 0 Å².